The standard InChI is InChI=1S/C19H23N7O2/c1-3-28-19(27)26-10-7-13(8-11-26)22-16-14-12-21-25(2)18(14)24-17(23-16)15-6-4-5-9-20-15/h4-6,9,12-13H,3,7-8,10-11H2,1-2H3,(H,22,23,24). The second kappa shape index (κ2) is 7.79. The third kappa shape index (κ3) is 3.60. The molecule has 0 radical (unpaired) electrons. The molecular weight excluding hydrogens is 358 g/mol. The number of ether oxygens (including phenoxy) is 1. The molecule has 0 unspecified atom stereocenters. The number of carbonyl (C=O) groups is 1. The summed E-state index contributed by atoms with van der Waals surface area (Å²) in [6, 6.07) is 5.87. The molecule has 146 valence electrons. The van der Waals surface area contributed by atoms with Crippen LogP contribution in [-0.4, -0.2) is 61.5 Å². The lowest BCUT2D eigenvalue weighted by atomic mass is 10.1. The summed E-state index contributed by atoms with van der Waals surface area (Å²) in [5.74, 6) is 1.30. The Morgan fingerprint density at radius 2 is 2.11 bits per heavy atom. The Morgan fingerprint density at radius 1 is 1.29 bits per heavy atom. The quantitative estimate of drug-likeness (QED) is 0.741. The summed E-state index contributed by atoms with van der Waals surface area (Å²) in [6.45, 7) is 3.53. The Morgan fingerprint density at radius 3 is 2.82 bits per heavy atom. The molecule has 1 amide bonds. The molecule has 4 rings (SSSR count). The molecule has 0 spiro atoms. The number of piperidine rings is 1. The van der Waals surface area contributed by atoms with Gasteiger partial charge in [-0.3, -0.25) is 9.67 Å². The molecule has 9 heteroatoms. The average molecular weight is 381 g/mol. The lowest BCUT2D eigenvalue weighted by Gasteiger charge is -2.32. The largest absolute Gasteiger partial charge is 0.450 e. The number of likely N-dealkylation sites (tertiary alicyclic amines) is 1. The zero-order valence-electron chi connectivity index (χ0n) is 16.0. The van der Waals surface area contributed by atoms with Crippen molar-refractivity contribution in [3.63, 3.8) is 0 Å². The van der Waals surface area contributed by atoms with Gasteiger partial charge in [0.2, 0.25) is 0 Å². The lowest BCUT2D eigenvalue weighted by molar-refractivity contribution is 0.0983. The van der Waals surface area contributed by atoms with Gasteiger partial charge in [-0.05, 0) is 31.9 Å². The molecular formula is C19H23N7O2. The Bertz CT molecular complexity index is 965. The summed E-state index contributed by atoms with van der Waals surface area (Å²) in [6.07, 6.45) is 4.90. The molecule has 1 fully saturated rings. The summed E-state index contributed by atoms with van der Waals surface area (Å²) in [5, 5.41) is 8.72. The Labute approximate surface area is 162 Å². The Balaban J connectivity index is 1.56. The van der Waals surface area contributed by atoms with E-state index < -0.39 is 0 Å². The predicted octanol–water partition coefficient (Wildman–Crippen LogP) is 2.46. The van der Waals surface area contributed by atoms with Crippen molar-refractivity contribution in [1.29, 1.82) is 0 Å². The average Bonchev–Trinajstić information content (AvgIpc) is 3.10. The van der Waals surface area contributed by atoms with Crippen LogP contribution in [0.1, 0.15) is 19.8 Å². The van der Waals surface area contributed by atoms with Crippen LogP contribution in [0.3, 0.4) is 0 Å². The van der Waals surface area contributed by atoms with E-state index >= 15 is 0 Å². The highest BCUT2D eigenvalue weighted by molar-refractivity contribution is 5.88. The number of hydrogen-bond acceptors (Lipinski definition) is 7. The number of pyridine rings is 1. The smallest absolute Gasteiger partial charge is 0.409 e. The Kier molecular flexibility index (Phi) is 5.05. The van der Waals surface area contributed by atoms with Gasteiger partial charge < -0.3 is 15.0 Å². The first-order chi connectivity index (χ1) is 13.7. The maximum Gasteiger partial charge on any atom is 0.409 e. The molecule has 1 N–H and O–H groups in total. The van der Waals surface area contributed by atoms with Crippen LogP contribution in [-0.2, 0) is 11.8 Å². The van der Waals surface area contributed by atoms with Crippen LogP contribution in [0, 0.1) is 0 Å². The van der Waals surface area contributed by atoms with Crippen molar-refractivity contribution in [2.45, 2.75) is 25.8 Å². The number of nitrogens with zero attached hydrogens (tertiary/aromatic N) is 6. The van der Waals surface area contributed by atoms with Crippen LogP contribution in [0.2, 0.25) is 0 Å². The minimum absolute atomic E-state index is 0.209. The molecule has 28 heavy (non-hydrogen) atoms. The zero-order chi connectivity index (χ0) is 19.5. The van der Waals surface area contributed by atoms with Crippen molar-refractivity contribution in [3.05, 3.63) is 30.6 Å². The molecule has 0 atom stereocenters. The Hall–Kier alpha value is -3.23. The van der Waals surface area contributed by atoms with Crippen molar-refractivity contribution in [2.24, 2.45) is 7.05 Å². The lowest BCUT2D eigenvalue weighted by Crippen LogP contribution is -2.42. The minimum Gasteiger partial charge on any atom is -0.450 e. The monoisotopic (exact) mass is 381 g/mol. The fourth-order valence-corrected chi connectivity index (χ4v) is 3.36. The van der Waals surface area contributed by atoms with E-state index in [1.165, 1.54) is 0 Å². The first-order valence-corrected chi connectivity index (χ1v) is 9.45. The van der Waals surface area contributed by atoms with Crippen LogP contribution in [0.15, 0.2) is 30.6 Å². The third-order valence-corrected chi connectivity index (χ3v) is 4.85. The second-order valence-corrected chi connectivity index (χ2v) is 6.72. The van der Waals surface area contributed by atoms with Crippen molar-refractivity contribution in [1.82, 2.24) is 29.6 Å². The summed E-state index contributed by atoms with van der Waals surface area (Å²) in [5.41, 5.74) is 1.47. The fraction of sp³-hybridized carbons (Fsp3) is 0.421. The number of aromatic nitrogens is 5. The highest BCUT2D eigenvalue weighted by Gasteiger charge is 2.25. The van der Waals surface area contributed by atoms with E-state index in [1.807, 2.05) is 32.2 Å². The van der Waals surface area contributed by atoms with Gasteiger partial charge in [0.1, 0.15) is 11.5 Å². The van der Waals surface area contributed by atoms with Crippen LogP contribution in [0.25, 0.3) is 22.6 Å². The summed E-state index contributed by atoms with van der Waals surface area (Å²) in [4.78, 5) is 27.4. The summed E-state index contributed by atoms with van der Waals surface area (Å²) >= 11 is 0. The first kappa shape index (κ1) is 18.1. The molecule has 0 aliphatic carbocycles. The predicted molar refractivity (Wildman–Crippen MR) is 105 cm³/mol. The number of anilines is 1. The van der Waals surface area contributed by atoms with Crippen molar-refractivity contribution >= 4 is 22.9 Å². The number of carbonyl (C=O) groups excluding carboxylic acids is 1. The van der Waals surface area contributed by atoms with Gasteiger partial charge in [0.05, 0.1) is 18.2 Å². The first-order valence-electron chi connectivity index (χ1n) is 9.45. The second-order valence-electron chi connectivity index (χ2n) is 6.72. The fourth-order valence-electron chi connectivity index (χ4n) is 3.36. The zero-order valence-corrected chi connectivity index (χ0v) is 16.0. The van der Waals surface area contributed by atoms with E-state index in [0.717, 1.165) is 29.7 Å². The highest BCUT2D eigenvalue weighted by Crippen LogP contribution is 2.26. The number of hydrogen-bond donors (Lipinski definition) is 1. The number of nitrogens with one attached hydrogen (secondary N) is 1. The minimum atomic E-state index is -0.241. The van der Waals surface area contributed by atoms with Gasteiger partial charge in [0.15, 0.2) is 11.5 Å². The number of aryl methyl sites for hydroxylation is 1. The summed E-state index contributed by atoms with van der Waals surface area (Å²) < 4.78 is 6.82. The van der Waals surface area contributed by atoms with Gasteiger partial charge in [0.25, 0.3) is 0 Å². The van der Waals surface area contributed by atoms with Crippen LogP contribution < -0.4 is 5.32 Å². The molecule has 3 aromatic heterocycles. The summed E-state index contributed by atoms with van der Waals surface area (Å²) in [7, 11) is 1.86. The van der Waals surface area contributed by atoms with Gasteiger partial charge in [-0.2, -0.15) is 5.10 Å². The van der Waals surface area contributed by atoms with Gasteiger partial charge >= 0.3 is 6.09 Å². The number of amides is 1. The molecule has 3 aromatic rings. The third-order valence-electron chi connectivity index (χ3n) is 4.85. The van der Waals surface area contributed by atoms with E-state index in [2.05, 4.69) is 20.4 Å². The van der Waals surface area contributed by atoms with E-state index in [4.69, 9.17) is 9.72 Å². The maximum absolute atomic E-state index is 11.9. The van der Waals surface area contributed by atoms with E-state index in [9.17, 15) is 4.79 Å². The number of rotatable bonds is 4. The van der Waals surface area contributed by atoms with Gasteiger partial charge in [-0.25, -0.2) is 14.8 Å². The molecule has 9 nitrogen and oxygen atoms in total. The van der Waals surface area contributed by atoms with Crippen LogP contribution in [0.5, 0.6) is 0 Å². The molecule has 1 aliphatic rings. The van der Waals surface area contributed by atoms with Crippen LogP contribution >= 0.6 is 0 Å². The van der Waals surface area contributed by atoms with E-state index in [1.54, 1.807) is 22.0 Å². The van der Waals surface area contributed by atoms with Gasteiger partial charge in [-0.1, -0.05) is 6.07 Å². The molecule has 1 aliphatic heterocycles. The van der Waals surface area contributed by atoms with Gasteiger partial charge in [-0.15, -0.1) is 0 Å². The van der Waals surface area contributed by atoms with Crippen molar-refractivity contribution < 1.29 is 9.53 Å². The highest BCUT2D eigenvalue weighted by atomic mass is 16.6. The van der Waals surface area contributed by atoms with Gasteiger partial charge in [0, 0.05) is 32.4 Å². The SMILES string of the molecule is CCOC(=O)N1CCC(Nc2nc(-c3ccccn3)nc3c2cnn3C)CC1. The molecule has 0 aromatic carbocycles. The molecule has 0 bridgehead atoms. The molecule has 4 heterocycles. The normalized spacial score (nSPS) is 15.0. The molecule has 0 saturated carbocycles. The topological polar surface area (TPSA) is 98.1 Å². The van der Waals surface area contributed by atoms with E-state index in [0.29, 0.717) is 31.2 Å². The maximum atomic E-state index is 11.9. The molecule has 1 saturated heterocycles. The van der Waals surface area contributed by atoms with Crippen molar-refractivity contribution in [2.75, 3.05) is 25.0 Å². The van der Waals surface area contributed by atoms with Crippen LogP contribution in [0.4, 0.5) is 10.6 Å². The van der Waals surface area contributed by atoms with E-state index in [-0.39, 0.29) is 12.1 Å². The van der Waals surface area contributed by atoms with Crippen molar-refractivity contribution in [3.8, 4) is 11.5 Å². The number of fused-ring (bicyclic) bond motifs is 1.